The Kier molecular flexibility index (Phi) is 7.06. The van der Waals surface area contributed by atoms with E-state index in [4.69, 9.17) is 0 Å². The summed E-state index contributed by atoms with van der Waals surface area (Å²) in [6.07, 6.45) is 0. The molecule has 4 aromatic carbocycles. The number of hydrogen-bond acceptors (Lipinski definition) is 5. The molecule has 1 aliphatic rings. The van der Waals surface area contributed by atoms with Crippen molar-refractivity contribution in [1.29, 1.82) is 0 Å². The summed E-state index contributed by atoms with van der Waals surface area (Å²) in [5.74, 6) is -1.72. The van der Waals surface area contributed by atoms with Gasteiger partial charge in [-0.15, -0.1) is 0 Å². The number of nitrogens with zero attached hydrogens (tertiary/aromatic N) is 1. The van der Waals surface area contributed by atoms with Gasteiger partial charge in [0.25, 0.3) is 17.7 Å². The van der Waals surface area contributed by atoms with Crippen LogP contribution < -0.4 is 15.5 Å². The van der Waals surface area contributed by atoms with Gasteiger partial charge < -0.3 is 10.6 Å². The topological polar surface area (TPSA) is 78.5 Å². The monoisotopic (exact) mass is 523 g/mol. The summed E-state index contributed by atoms with van der Waals surface area (Å²) >= 11 is 1.14. The van der Waals surface area contributed by atoms with Gasteiger partial charge in [0.1, 0.15) is 16.4 Å². The third kappa shape index (κ3) is 5.35. The predicted molar refractivity (Wildman–Crippen MR) is 147 cm³/mol. The lowest BCUT2D eigenvalue weighted by atomic mass is 10.2. The Hall–Kier alpha value is -4.69. The molecule has 0 atom stereocenters. The van der Waals surface area contributed by atoms with Gasteiger partial charge in [0.15, 0.2) is 0 Å². The molecule has 0 unspecified atom stereocenters. The zero-order valence-electron chi connectivity index (χ0n) is 20.3. The highest BCUT2D eigenvalue weighted by molar-refractivity contribution is 8.04. The van der Waals surface area contributed by atoms with Gasteiger partial charge in [0, 0.05) is 21.8 Å². The molecule has 0 saturated carbocycles. The van der Waals surface area contributed by atoms with Gasteiger partial charge in [0.05, 0.1) is 5.69 Å². The Balaban J connectivity index is 1.44. The van der Waals surface area contributed by atoms with E-state index in [1.54, 1.807) is 48.5 Å². The molecule has 0 aromatic heterocycles. The van der Waals surface area contributed by atoms with Crippen molar-refractivity contribution in [3.63, 3.8) is 0 Å². The minimum absolute atomic E-state index is 0.174. The zero-order chi connectivity index (χ0) is 26.6. The molecule has 1 aliphatic heterocycles. The third-order valence-electron chi connectivity index (χ3n) is 5.79. The maximum Gasteiger partial charge on any atom is 0.283 e. The van der Waals surface area contributed by atoms with E-state index in [1.165, 1.54) is 24.3 Å². The average Bonchev–Trinajstić information content (AvgIpc) is 3.14. The fourth-order valence-electron chi connectivity index (χ4n) is 3.87. The van der Waals surface area contributed by atoms with Crippen LogP contribution in [-0.4, -0.2) is 17.7 Å². The van der Waals surface area contributed by atoms with Crippen LogP contribution in [0.3, 0.4) is 0 Å². The van der Waals surface area contributed by atoms with Gasteiger partial charge in [-0.1, -0.05) is 53.7 Å². The molecule has 0 bridgehead atoms. The van der Waals surface area contributed by atoms with Gasteiger partial charge in [0.2, 0.25) is 0 Å². The third-order valence-corrected chi connectivity index (χ3v) is 6.87. The number of carbonyl (C=O) groups excluding carboxylic acids is 3. The van der Waals surface area contributed by atoms with E-state index in [1.807, 2.05) is 37.3 Å². The number of halogens is 1. The van der Waals surface area contributed by atoms with E-state index in [9.17, 15) is 18.8 Å². The second-order valence-corrected chi connectivity index (χ2v) is 9.65. The number of aryl methyl sites for hydroxylation is 1. The first-order chi connectivity index (χ1) is 18.4. The Morgan fingerprint density at radius 1 is 0.789 bits per heavy atom. The van der Waals surface area contributed by atoms with Crippen molar-refractivity contribution in [2.24, 2.45) is 0 Å². The van der Waals surface area contributed by atoms with Crippen LogP contribution in [0.2, 0.25) is 0 Å². The molecule has 38 heavy (non-hydrogen) atoms. The summed E-state index contributed by atoms with van der Waals surface area (Å²) in [6.45, 7) is 1.97. The van der Waals surface area contributed by atoms with Gasteiger partial charge in [-0.2, -0.15) is 0 Å². The molecular formula is C30H22FN3O3S. The number of thioether (sulfide) groups is 1. The van der Waals surface area contributed by atoms with E-state index >= 15 is 0 Å². The van der Waals surface area contributed by atoms with Gasteiger partial charge in [-0.3, -0.25) is 14.4 Å². The molecule has 0 spiro atoms. The highest BCUT2D eigenvalue weighted by Gasteiger charge is 2.40. The summed E-state index contributed by atoms with van der Waals surface area (Å²) in [7, 11) is 0. The van der Waals surface area contributed by atoms with E-state index in [2.05, 4.69) is 10.6 Å². The van der Waals surface area contributed by atoms with Crippen LogP contribution in [-0.2, 0) is 9.59 Å². The molecule has 3 amide bonds. The molecule has 1 heterocycles. The largest absolute Gasteiger partial charge is 0.350 e. The van der Waals surface area contributed by atoms with Crippen LogP contribution in [0, 0.1) is 12.7 Å². The molecular weight excluding hydrogens is 501 g/mol. The van der Waals surface area contributed by atoms with Crippen molar-refractivity contribution >= 4 is 46.5 Å². The Bertz CT molecular complexity index is 1550. The van der Waals surface area contributed by atoms with Crippen LogP contribution in [0.25, 0.3) is 0 Å². The summed E-state index contributed by atoms with van der Waals surface area (Å²) in [6, 6.07) is 28.5. The molecule has 4 aromatic rings. The summed E-state index contributed by atoms with van der Waals surface area (Å²) in [5, 5.41) is 5.92. The highest BCUT2D eigenvalue weighted by Crippen LogP contribution is 2.38. The number of hydrogen-bond donors (Lipinski definition) is 2. The molecule has 5 rings (SSSR count). The second kappa shape index (κ2) is 10.7. The first kappa shape index (κ1) is 25.0. The predicted octanol–water partition coefficient (Wildman–Crippen LogP) is 6.38. The quantitative estimate of drug-likeness (QED) is 0.275. The molecule has 188 valence electrons. The van der Waals surface area contributed by atoms with Gasteiger partial charge in [-0.05, 0) is 73.7 Å². The number of rotatable bonds is 7. The minimum atomic E-state index is -0.454. The lowest BCUT2D eigenvalue weighted by Crippen LogP contribution is -2.32. The van der Waals surface area contributed by atoms with E-state index in [-0.39, 0.29) is 10.6 Å². The molecule has 8 heteroatoms. The van der Waals surface area contributed by atoms with Crippen LogP contribution in [0.1, 0.15) is 15.9 Å². The standard InChI is InChI=1S/C30H22FN3O3S/c1-19-10-16-22(17-11-19)32-26-27(30(37)34(29(26)36)24-7-3-2-4-8-24)38-25-9-5-6-23(18-25)33-28(35)20-12-14-21(31)15-13-20/h2-18,32H,1H3,(H,33,35). The molecule has 2 N–H and O–H groups in total. The van der Waals surface area contributed by atoms with E-state index in [0.717, 1.165) is 22.2 Å². The number of imide groups is 1. The van der Waals surface area contributed by atoms with Gasteiger partial charge >= 0.3 is 0 Å². The van der Waals surface area contributed by atoms with Crippen molar-refractivity contribution in [1.82, 2.24) is 0 Å². The summed E-state index contributed by atoms with van der Waals surface area (Å²) in [4.78, 5) is 41.6. The van der Waals surface area contributed by atoms with E-state index in [0.29, 0.717) is 27.5 Å². The van der Waals surface area contributed by atoms with Crippen LogP contribution in [0.15, 0.2) is 119 Å². The maximum atomic E-state index is 13.5. The molecule has 6 nitrogen and oxygen atoms in total. The van der Waals surface area contributed by atoms with Crippen molar-refractivity contribution in [3.05, 3.63) is 131 Å². The van der Waals surface area contributed by atoms with E-state index < -0.39 is 23.5 Å². The van der Waals surface area contributed by atoms with Crippen molar-refractivity contribution in [3.8, 4) is 0 Å². The number of nitrogens with one attached hydrogen (secondary N) is 2. The molecule has 0 aliphatic carbocycles. The molecule has 0 fully saturated rings. The maximum absolute atomic E-state index is 13.5. The van der Waals surface area contributed by atoms with Crippen LogP contribution in [0.5, 0.6) is 0 Å². The first-order valence-corrected chi connectivity index (χ1v) is 12.6. The highest BCUT2D eigenvalue weighted by atomic mass is 32.2. The number of anilines is 3. The Morgan fingerprint density at radius 2 is 1.50 bits per heavy atom. The average molecular weight is 524 g/mol. The van der Waals surface area contributed by atoms with Crippen molar-refractivity contribution < 1.29 is 18.8 Å². The number of carbonyl (C=O) groups is 3. The number of para-hydroxylation sites is 1. The van der Waals surface area contributed by atoms with Gasteiger partial charge in [-0.25, -0.2) is 9.29 Å². The smallest absolute Gasteiger partial charge is 0.283 e. The fourth-order valence-corrected chi connectivity index (χ4v) is 4.85. The second-order valence-electron chi connectivity index (χ2n) is 8.57. The molecule has 0 radical (unpaired) electrons. The number of amides is 3. The fraction of sp³-hybridized carbons (Fsp3) is 0.0333. The first-order valence-electron chi connectivity index (χ1n) is 11.8. The SMILES string of the molecule is Cc1ccc(NC2=C(Sc3cccc(NC(=O)c4ccc(F)cc4)c3)C(=O)N(c3ccccc3)C2=O)cc1. The summed E-state index contributed by atoms with van der Waals surface area (Å²) in [5.41, 5.74) is 3.20. The Labute approximate surface area is 223 Å². The van der Waals surface area contributed by atoms with Crippen LogP contribution in [0.4, 0.5) is 21.5 Å². The lowest BCUT2D eigenvalue weighted by Gasteiger charge is -2.15. The van der Waals surface area contributed by atoms with Crippen molar-refractivity contribution in [2.75, 3.05) is 15.5 Å². The van der Waals surface area contributed by atoms with Crippen molar-refractivity contribution in [2.45, 2.75) is 11.8 Å². The van der Waals surface area contributed by atoms with Crippen LogP contribution >= 0.6 is 11.8 Å². The summed E-state index contributed by atoms with van der Waals surface area (Å²) < 4.78 is 13.2. The lowest BCUT2D eigenvalue weighted by molar-refractivity contribution is -0.120. The minimum Gasteiger partial charge on any atom is -0.350 e. The molecule has 0 saturated heterocycles. The zero-order valence-corrected chi connectivity index (χ0v) is 21.1. The Morgan fingerprint density at radius 3 is 2.21 bits per heavy atom. The number of benzene rings is 4. The normalized spacial score (nSPS) is 13.2.